The number of rotatable bonds is 0. The second-order valence-corrected chi connectivity index (χ2v) is 8.85. The van der Waals surface area contributed by atoms with Crippen LogP contribution < -0.4 is 0 Å². The van der Waals surface area contributed by atoms with Gasteiger partial charge in [-0.2, -0.15) is 0 Å². The van der Waals surface area contributed by atoms with Crippen LogP contribution in [0, 0.1) is 34.5 Å². The highest BCUT2D eigenvalue weighted by atomic mass is 16.3. The summed E-state index contributed by atoms with van der Waals surface area (Å²) in [6.45, 7) is 4.82. The van der Waals surface area contributed by atoms with Gasteiger partial charge in [-0.05, 0) is 79.4 Å². The summed E-state index contributed by atoms with van der Waals surface area (Å²) in [5.41, 5.74) is 0.538. The first-order chi connectivity index (χ1) is 9.95. The van der Waals surface area contributed by atoms with E-state index in [-0.39, 0.29) is 17.6 Å². The molecule has 0 radical (unpaired) electrons. The molecule has 0 unspecified atom stereocenters. The van der Waals surface area contributed by atoms with Gasteiger partial charge in [-0.25, -0.2) is 0 Å². The summed E-state index contributed by atoms with van der Waals surface area (Å²) < 4.78 is 0. The van der Waals surface area contributed by atoms with E-state index in [4.69, 9.17) is 0 Å². The van der Waals surface area contributed by atoms with E-state index in [2.05, 4.69) is 26.0 Å². The van der Waals surface area contributed by atoms with Crippen LogP contribution in [0.25, 0.3) is 0 Å². The minimum Gasteiger partial charge on any atom is -0.393 e. The standard InChI is InChI=1S/C19H30O2/c1-18-9-7-13(20)11-12(18)3-4-14-15-5-6-17(21)19(15,2)10-8-16(14)18/h3-4,12-17,20-21H,5-11H2,1-2H3/t12-,13+,14-,15-,16-,17+,18-,19-/m0/s1. The van der Waals surface area contributed by atoms with Gasteiger partial charge in [0.2, 0.25) is 0 Å². The molecule has 0 aromatic heterocycles. The van der Waals surface area contributed by atoms with Crippen LogP contribution in [-0.2, 0) is 0 Å². The van der Waals surface area contributed by atoms with Gasteiger partial charge in [0.15, 0.2) is 0 Å². The molecule has 2 N–H and O–H groups in total. The minimum atomic E-state index is -0.0913. The first-order valence-electron chi connectivity index (χ1n) is 8.99. The number of allylic oxidation sites excluding steroid dienone is 2. The van der Waals surface area contributed by atoms with Crippen molar-refractivity contribution < 1.29 is 10.2 Å². The third-order valence-corrected chi connectivity index (χ3v) is 8.08. The van der Waals surface area contributed by atoms with Crippen molar-refractivity contribution >= 4 is 0 Å². The highest BCUT2D eigenvalue weighted by Gasteiger charge is 2.58. The van der Waals surface area contributed by atoms with Gasteiger partial charge >= 0.3 is 0 Å². The normalized spacial score (nSPS) is 59.2. The van der Waals surface area contributed by atoms with Crippen LogP contribution in [0.15, 0.2) is 12.2 Å². The monoisotopic (exact) mass is 290 g/mol. The smallest absolute Gasteiger partial charge is 0.0596 e. The molecule has 4 rings (SSSR count). The summed E-state index contributed by atoms with van der Waals surface area (Å²) in [5.74, 6) is 2.67. The van der Waals surface area contributed by atoms with Crippen LogP contribution in [0.1, 0.15) is 58.8 Å². The highest BCUT2D eigenvalue weighted by Crippen LogP contribution is 2.64. The average Bonchev–Trinajstić information content (AvgIpc) is 2.76. The Hall–Kier alpha value is -0.340. The van der Waals surface area contributed by atoms with E-state index >= 15 is 0 Å². The molecule has 0 amide bonds. The summed E-state index contributed by atoms with van der Waals surface area (Å²) in [6.07, 6.45) is 12.5. The number of aliphatic hydroxyl groups excluding tert-OH is 2. The summed E-state index contributed by atoms with van der Waals surface area (Å²) in [7, 11) is 0. The summed E-state index contributed by atoms with van der Waals surface area (Å²) in [6, 6.07) is 0. The number of hydrogen-bond acceptors (Lipinski definition) is 2. The van der Waals surface area contributed by atoms with Gasteiger partial charge in [-0.15, -0.1) is 0 Å². The lowest BCUT2D eigenvalue weighted by Gasteiger charge is -2.58. The zero-order chi connectivity index (χ0) is 14.8. The van der Waals surface area contributed by atoms with Gasteiger partial charge in [0.25, 0.3) is 0 Å². The second kappa shape index (κ2) is 4.58. The third-order valence-electron chi connectivity index (χ3n) is 8.08. The van der Waals surface area contributed by atoms with Crippen molar-refractivity contribution in [3.63, 3.8) is 0 Å². The minimum absolute atomic E-state index is 0.0874. The molecule has 3 saturated carbocycles. The van der Waals surface area contributed by atoms with Gasteiger partial charge < -0.3 is 10.2 Å². The fraction of sp³-hybridized carbons (Fsp3) is 0.895. The molecule has 4 aliphatic carbocycles. The van der Waals surface area contributed by atoms with Gasteiger partial charge in [-0.3, -0.25) is 0 Å². The Labute approximate surface area is 128 Å². The van der Waals surface area contributed by atoms with Crippen molar-refractivity contribution in [1.82, 2.24) is 0 Å². The van der Waals surface area contributed by atoms with Crippen molar-refractivity contribution in [3.05, 3.63) is 12.2 Å². The first-order valence-corrected chi connectivity index (χ1v) is 8.99. The quantitative estimate of drug-likeness (QED) is 0.670. The predicted molar refractivity (Wildman–Crippen MR) is 83.6 cm³/mol. The van der Waals surface area contributed by atoms with E-state index in [1.165, 1.54) is 25.7 Å². The number of hydrogen-bond donors (Lipinski definition) is 2. The largest absolute Gasteiger partial charge is 0.393 e. The molecule has 0 aromatic carbocycles. The van der Waals surface area contributed by atoms with Gasteiger partial charge in [0.05, 0.1) is 12.2 Å². The zero-order valence-corrected chi connectivity index (χ0v) is 13.5. The van der Waals surface area contributed by atoms with Gasteiger partial charge in [0, 0.05) is 0 Å². The van der Waals surface area contributed by atoms with Gasteiger partial charge in [-0.1, -0.05) is 26.0 Å². The lowest BCUT2D eigenvalue weighted by atomic mass is 9.47. The summed E-state index contributed by atoms with van der Waals surface area (Å²) in [4.78, 5) is 0. The molecule has 0 saturated heterocycles. The maximum absolute atomic E-state index is 10.4. The maximum Gasteiger partial charge on any atom is 0.0596 e. The van der Waals surface area contributed by atoms with E-state index in [1.54, 1.807) is 0 Å². The Morgan fingerprint density at radius 3 is 2.38 bits per heavy atom. The highest BCUT2D eigenvalue weighted by molar-refractivity contribution is 5.18. The van der Waals surface area contributed by atoms with Gasteiger partial charge in [0.1, 0.15) is 0 Å². The van der Waals surface area contributed by atoms with Crippen LogP contribution in [0.2, 0.25) is 0 Å². The predicted octanol–water partition coefficient (Wildman–Crippen LogP) is 3.53. The molecule has 0 aromatic rings. The Balaban J connectivity index is 1.68. The Bertz CT molecular complexity index is 458. The van der Waals surface area contributed by atoms with E-state index in [0.29, 0.717) is 23.2 Å². The summed E-state index contributed by atoms with van der Waals surface area (Å²) in [5, 5.41) is 20.5. The van der Waals surface area contributed by atoms with E-state index in [1.807, 2.05) is 0 Å². The molecular weight excluding hydrogens is 260 g/mol. The lowest BCUT2D eigenvalue weighted by molar-refractivity contribution is -0.0894. The van der Waals surface area contributed by atoms with E-state index in [9.17, 15) is 10.2 Å². The van der Waals surface area contributed by atoms with Crippen LogP contribution in [0.3, 0.4) is 0 Å². The molecule has 118 valence electrons. The second-order valence-electron chi connectivity index (χ2n) is 8.85. The van der Waals surface area contributed by atoms with Crippen molar-refractivity contribution in [1.29, 1.82) is 0 Å². The van der Waals surface area contributed by atoms with Crippen LogP contribution in [0.5, 0.6) is 0 Å². The summed E-state index contributed by atoms with van der Waals surface area (Å²) >= 11 is 0. The topological polar surface area (TPSA) is 40.5 Å². The fourth-order valence-corrected chi connectivity index (χ4v) is 6.57. The maximum atomic E-state index is 10.4. The molecule has 0 spiro atoms. The molecule has 0 bridgehead atoms. The molecule has 0 aliphatic heterocycles. The Morgan fingerprint density at radius 2 is 1.57 bits per heavy atom. The Kier molecular flexibility index (Phi) is 3.11. The SMILES string of the molecule is C[C@]12CC[C@@H](O)C[C@@H]1C=C[C@@H]1[C@@H]2CC[C@]2(C)[C@H](O)CC[C@@H]12. The van der Waals surface area contributed by atoms with Crippen molar-refractivity contribution in [2.75, 3.05) is 0 Å². The first kappa shape index (κ1) is 14.3. The van der Waals surface area contributed by atoms with E-state index in [0.717, 1.165) is 25.2 Å². The molecule has 4 aliphatic rings. The van der Waals surface area contributed by atoms with Crippen molar-refractivity contribution in [2.24, 2.45) is 34.5 Å². The van der Waals surface area contributed by atoms with E-state index < -0.39 is 0 Å². The molecule has 0 heterocycles. The van der Waals surface area contributed by atoms with Crippen LogP contribution in [-0.4, -0.2) is 22.4 Å². The molecule has 21 heavy (non-hydrogen) atoms. The molecule has 2 heteroatoms. The molecule has 2 nitrogen and oxygen atoms in total. The number of aliphatic hydroxyl groups is 2. The lowest BCUT2D eigenvalue weighted by Crippen LogP contribution is -2.52. The Morgan fingerprint density at radius 1 is 0.857 bits per heavy atom. The third kappa shape index (κ3) is 1.84. The molecule has 8 atom stereocenters. The van der Waals surface area contributed by atoms with Crippen LogP contribution in [0.4, 0.5) is 0 Å². The zero-order valence-electron chi connectivity index (χ0n) is 13.5. The average molecular weight is 290 g/mol. The number of fused-ring (bicyclic) bond motifs is 5. The van der Waals surface area contributed by atoms with Crippen LogP contribution >= 0.6 is 0 Å². The molecular formula is C19H30O2. The van der Waals surface area contributed by atoms with Crippen molar-refractivity contribution in [3.8, 4) is 0 Å². The fourth-order valence-electron chi connectivity index (χ4n) is 6.57. The molecule has 3 fully saturated rings. The van der Waals surface area contributed by atoms with Crippen molar-refractivity contribution in [2.45, 2.75) is 71.0 Å².